The van der Waals surface area contributed by atoms with E-state index in [-0.39, 0.29) is 11.3 Å². The van der Waals surface area contributed by atoms with E-state index in [1.807, 2.05) is 0 Å². The Morgan fingerprint density at radius 1 is 1.43 bits per heavy atom. The van der Waals surface area contributed by atoms with Gasteiger partial charge in [0, 0.05) is 11.3 Å². The van der Waals surface area contributed by atoms with Crippen LogP contribution in [-0.2, 0) is 0 Å². The van der Waals surface area contributed by atoms with Gasteiger partial charge in [0.05, 0.1) is 7.11 Å². The van der Waals surface area contributed by atoms with Gasteiger partial charge in [0.15, 0.2) is 11.6 Å². The highest BCUT2D eigenvalue weighted by molar-refractivity contribution is 7.80. The van der Waals surface area contributed by atoms with Gasteiger partial charge in [0.1, 0.15) is 5.82 Å². The second kappa shape index (κ2) is 5.00. The zero-order valence-corrected chi connectivity index (χ0v) is 8.52. The molecule has 0 aliphatic carbocycles. The van der Waals surface area contributed by atoms with E-state index in [0.717, 1.165) is 0 Å². The molecule has 0 radical (unpaired) electrons. The summed E-state index contributed by atoms with van der Waals surface area (Å²) in [7, 11) is 1.34. The summed E-state index contributed by atoms with van der Waals surface area (Å²) in [6.07, 6.45) is 2.91. The average Bonchev–Trinajstić information content (AvgIpc) is 2.18. The molecule has 1 rings (SSSR count). The van der Waals surface area contributed by atoms with Gasteiger partial charge >= 0.3 is 0 Å². The lowest BCUT2D eigenvalue weighted by molar-refractivity contribution is 0.383. The number of methoxy groups -OCH3 is 1. The van der Waals surface area contributed by atoms with E-state index in [2.05, 4.69) is 12.6 Å². The van der Waals surface area contributed by atoms with Crippen LogP contribution in [0.4, 0.5) is 8.78 Å². The topological polar surface area (TPSA) is 9.23 Å². The van der Waals surface area contributed by atoms with Crippen molar-refractivity contribution in [2.75, 3.05) is 12.9 Å². The molecule has 0 amide bonds. The minimum atomic E-state index is -0.689. The lowest BCUT2D eigenvalue weighted by atomic mass is 10.1. The molecule has 76 valence electrons. The summed E-state index contributed by atoms with van der Waals surface area (Å²) in [5, 5.41) is 0. The van der Waals surface area contributed by atoms with E-state index in [0.29, 0.717) is 5.75 Å². The van der Waals surface area contributed by atoms with Crippen molar-refractivity contribution in [1.29, 1.82) is 0 Å². The molecule has 1 nitrogen and oxygen atoms in total. The van der Waals surface area contributed by atoms with E-state index >= 15 is 0 Å². The molecule has 0 aromatic heterocycles. The molecule has 0 bridgehead atoms. The predicted octanol–water partition coefficient (Wildman–Crippen LogP) is 2.92. The number of rotatable bonds is 3. The van der Waals surface area contributed by atoms with Crippen LogP contribution in [0.15, 0.2) is 18.2 Å². The fourth-order valence-corrected chi connectivity index (χ4v) is 1.14. The number of benzene rings is 1. The van der Waals surface area contributed by atoms with Gasteiger partial charge in [-0.05, 0) is 12.1 Å². The van der Waals surface area contributed by atoms with Gasteiger partial charge in [-0.1, -0.05) is 12.2 Å². The normalized spacial score (nSPS) is 10.9. The first kappa shape index (κ1) is 11.0. The summed E-state index contributed by atoms with van der Waals surface area (Å²) in [6, 6.07) is 2.42. The summed E-state index contributed by atoms with van der Waals surface area (Å²) < 4.78 is 31.3. The maximum atomic E-state index is 13.4. The molecule has 0 saturated heterocycles. The van der Waals surface area contributed by atoms with Crippen molar-refractivity contribution in [2.24, 2.45) is 0 Å². The standard InChI is InChI=1S/C10H10F2OS/c1-13-9-5-4-8(11)7(10(9)12)3-2-6-14/h2-5,14H,6H2,1H3. The van der Waals surface area contributed by atoms with E-state index < -0.39 is 11.6 Å². The molecule has 0 N–H and O–H groups in total. The van der Waals surface area contributed by atoms with Crippen LogP contribution >= 0.6 is 12.6 Å². The van der Waals surface area contributed by atoms with Crippen LogP contribution in [0.3, 0.4) is 0 Å². The molecule has 0 aliphatic heterocycles. The van der Waals surface area contributed by atoms with Crippen molar-refractivity contribution < 1.29 is 13.5 Å². The Bertz CT molecular complexity index is 350. The summed E-state index contributed by atoms with van der Waals surface area (Å²) >= 11 is 3.91. The lowest BCUT2D eigenvalue weighted by Gasteiger charge is -2.04. The fourth-order valence-electron chi connectivity index (χ4n) is 1.03. The lowest BCUT2D eigenvalue weighted by Crippen LogP contribution is -1.94. The zero-order valence-electron chi connectivity index (χ0n) is 7.63. The van der Waals surface area contributed by atoms with Gasteiger partial charge in [0.25, 0.3) is 0 Å². The molecular formula is C10H10F2OS. The number of thiol groups is 1. The first-order valence-corrected chi connectivity index (χ1v) is 4.63. The Balaban J connectivity index is 3.18. The maximum absolute atomic E-state index is 13.4. The molecule has 14 heavy (non-hydrogen) atoms. The summed E-state index contributed by atoms with van der Waals surface area (Å²) in [5.41, 5.74) is -0.0987. The van der Waals surface area contributed by atoms with Gasteiger partial charge in [-0.15, -0.1) is 0 Å². The van der Waals surface area contributed by atoms with Gasteiger partial charge in [-0.25, -0.2) is 8.78 Å². The minimum Gasteiger partial charge on any atom is -0.494 e. The third-order valence-electron chi connectivity index (χ3n) is 1.70. The van der Waals surface area contributed by atoms with E-state index in [1.54, 1.807) is 6.08 Å². The zero-order chi connectivity index (χ0) is 10.6. The Kier molecular flexibility index (Phi) is 3.95. The smallest absolute Gasteiger partial charge is 0.175 e. The van der Waals surface area contributed by atoms with Crippen molar-refractivity contribution in [3.8, 4) is 5.75 Å². The molecular weight excluding hydrogens is 206 g/mol. The number of halogens is 2. The Morgan fingerprint density at radius 2 is 2.14 bits per heavy atom. The second-order valence-corrected chi connectivity index (χ2v) is 2.93. The van der Waals surface area contributed by atoms with Crippen molar-refractivity contribution >= 4 is 18.7 Å². The van der Waals surface area contributed by atoms with Crippen molar-refractivity contribution in [2.45, 2.75) is 0 Å². The third-order valence-corrected chi connectivity index (χ3v) is 1.91. The molecule has 0 heterocycles. The van der Waals surface area contributed by atoms with Crippen LogP contribution in [0.1, 0.15) is 5.56 Å². The third kappa shape index (κ3) is 2.26. The van der Waals surface area contributed by atoms with Crippen molar-refractivity contribution in [3.05, 3.63) is 35.4 Å². The number of hydrogen-bond acceptors (Lipinski definition) is 2. The summed E-state index contributed by atoms with van der Waals surface area (Å²) in [4.78, 5) is 0. The molecule has 0 saturated carbocycles. The molecule has 0 spiro atoms. The summed E-state index contributed by atoms with van der Waals surface area (Å²) in [5.74, 6) is -0.840. The first-order chi connectivity index (χ1) is 6.70. The highest BCUT2D eigenvalue weighted by atomic mass is 32.1. The quantitative estimate of drug-likeness (QED) is 0.764. The Morgan fingerprint density at radius 3 is 2.71 bits per heavy atom. The van der Waals surface area contributed by atoms with Crippen LogP contribution < -0.4 is 4.74 Å². The van der Waals surface area contributed by atoms with Gasteiger partial charge in [-0.2, -0.15) is 12.6 Å². The fraction of sp³-hybridized carbons (Fsp3) is 0.200. The van der Waals surface area contributed by atoms with Crippen LogP contribution in [0.5, 0.6) is 5.75 Å². The number of hydrogen-bond donors (Lipinski definition) is 1. The highest BCUT2D eigenvalue weighted by Gasteiger charge is 2.10. The van der Waals surface area contributed by atoms with Crippen molar-refractivity contribution in [3.63, 3.8) is 0 Å². The van der Waals surface area contributed by atoms with Crippen LogP contribution in [-0.4, -0.2) is 12.9 Å². The monoisotopic (exact) mass is 216 g/mol. The van der Waals surface area contributed by atoms with E-state index in [1.165, 1.54) is 25.3 Å². The molecule has 1 aromatic carbocycles. The van der Waals surface area contributed by atoms with Gasteiger partial charge in [-0.3, -0.25) is 0 Å². The largest absolute Gasteiger partial charge is 0.494 e. The molecule has 0 unspecified atom stereocenters. The van der Waals surface area contributed by atoms with E-state index in [9.17, 15) is 8.78 Å². The van der Waals surface area contributed by atoms with Crippen molar-refractivity contribution in [1.82, 2.24) is 0 Å². The maximum Gasteiger partial charge on any atom is 0.175 e. The molecule has 4 heteroatoms. The van der Waals surface area contributed by atoms with Crippen LogP contribution in [0.2, 0.25) is 0 Å². The Hall–Kier alpha value is -1.03. The second-order valence-electron chi connectivity index (χ2n) is 2.56. The van der Waals surface area contributed by atoms with Crippen LogP contribution in [0, 0.1) is 11.6 Å². The highest BCUT2D eigenvalue weighted by Crippen LogP contribution is 2.23. The van der Waals surface area contributed by atoms with E-state index in [4.69, 9.17) is 4.74 Å². The molecule has 0 fully saturated rings. The molecule has 1 aromatic rings. The Labute approximate surface area is 86.8 Å². The molecule has 0 atom stereocenters. The number of ether oxygens (including phenoxy) is 1. The summed E-state index contributed by atoms with van der Waals surface area (Å²) in [6.45, 7) is 0. The van der Waals surface area contributed by atoms with Gasteiger partial charge in [0.2, 0.25) is 0 Å². The molecule has 0 aliphatic rings. The first-order valence-electron chi connectivity index (χ1n) is 4.00. The minimum absolute atomic E-state index is 0.0326. The predicted molar refractivity (Wildman–Crippen MR) is 55.8 cm³/mol. The SMILES string of the molecule is COc1ccc(F)c(C=CCS)c1F. The average molecular weight is 216 g/mol. The van der Waals surface area contributed by atoms with Gasteiger partial charge < -0.3 is 4.74 Å². The van der Waals surface area contributed by atoms with Crippen LogP contribution in [0.25, 0.3) is 6.08 Å².